The van der Waals surface area contributed by atoms with E-state index in [9.17, 15) is 28.6 Å². The monoisotopic (exact) mass is 481 g/mol. The number of aliphatic hydroxyl groups is 1. The normalized spacial score (nSPS) is 16.0. The van der Waals surface area contributed by atoms with Gasteiger partial charge in [-0.15, -0.1) is 0 Å². The highest BCUT2D eigenvalue weighted by molar-refractivity contribution is 6.31. The predicted octanol–water partition coefficient (Wildman–Crippen LogP) is 5.85. The number of carbonyl (C=O) groups is 2. The number of ketones is 1. The van der Waals surface area contributed by atoms with Gasteiger partial charge in [-0.25, -0.2) is 8.78 Å². The van der Waals surface area contributed by atoms with Gasteiger partial charge < -0.3 is 14.6 Å². The Hall–Kier alpha value is -4.17. The summed E-state index contributed by atoms with van der Waals surface area (Å²) in [6, 6.07) is 12.8. The molecule has 5 rings (SSSR count). The molecule has 9 heteroatoms. The summed E-state index contributed by atoms with van der Waals surface area (Å²) >= 11 is 5.99. The zero-order chi connectivity index (χ0) is 24.1. The van der Waals surface area contributed by atoms with Gasteiger partial charge in [0, 0.05) is 16.5 Å². The topological polar surface area (TPSA) is 91.0 Å². The fraction of sp³-hybridized carbons (Fsp3) is 0.0400. The van der Waals surface area contributed by atoms with Crippen LogP contribution in [0.15, 0.2) is 82.5 Å². The minimum atomic E-state index is -1.37. The molecular weight excluding hydrogens is 468 g/mol. The van der Waals surface area contributed by atoms with Gasteiger partial charge in [0.15, 0.2) is 11.5 Å². The van der Waals surface area contributed by atoms with Crippen molar-refractivity contribution in [2.45, 2.75) is 6.04 Å². The Morgan fingerprint density at radius 2 is 1.79 bits per heavy atom. The fourth-order valence-electron chi connectivity index (χ4n) is 4.03. The molecule has 0 bridgehead atoms. The third-order valence-electron chi connectivity index (χ3n) is 5.51. The molecular formula is C25H14ClF2NO5. The van der Waals surface area contributed by atoms with E-state index in [1.54, 1.807) is 18.2 Å². The van der Waals surface area contributed by atoms with E-state index in [-0.39, 0.29) is 17.1 Å². The Morgan fingerprint density at radius 1 is 1.00 bits per heavy atom. The summed E-state index contributed by atoms with van der Waals surface area (Å²) in [7, 11) is 0. The van der Waals surface area contributed by atoms with Crippen molar-refractivity contribution in [2.75, 3.05) is 4.90 Å². The minimum absolute atomic E-state index is 0.184. The van der Waals surface area contributed by atoms with Crippen molar-refractivity contribution in [3.05, 3.63) is 106 Å². The summed E-state index contributed by atoms with van der Waals surface area (Å²) in [5.74, 6) is -5.06. The number of Topliss-reactive ketones (excluding diaryl/α,β-unsaturated/α-hetero) is 1. The van der Waals surface area contributed by atoms with E-state index < -0.39 is 46.4 Å². The van der Waals surface area contributed by atoms with Crippen LogP contribution in [0.5, 0.6) is 5.75 Å². The van der Waals surface area contributed by atoms with Crippen molar-refractivity contribution >= 4 is 39.9 Å². The van der Waals surface area contributed by atoms with Gasteiger partial charge in [-0.1, -0.05) is 23.7 Å². The van der Waals surface area contributed by atoms with Crippen LogP contribution < -0.4 is 4.90 Å². The molecule has 0 fully saturated rings. The van der Waals surface area contributed by atoms with Crippen molar-refractivity contribution < 1.29 is 33.0 Å². The van der Waals surface area contributed by atoms with Crippen LogP contribution in [0, 0.1) is 11.6 Å². The highest BCUT2D eigenvalue weighted by Gasteiger charge is 2.46. The number of fused-ring (bicyclic) bond motifs is 1. The van der Waals surface area contributed by atoms with Gasteiger partial charge in [0.05, 0.1) is 17.3 Å². The molecule has 2 N–H and O–H groups in total. The number of rotatable bonds is 4. The molecule has 0 saturated carbocycles. The molecule has 34 heavy (non-hydrogen) atoms. The average molecular weight is 482 g/mol. The molecule has 0 spiro atoms. The second-order valence-electron chi connectivity index (χ2n) is 7.65. The van der Waals surface area contributed by atoms with Crippen LogP contribution in [-0.4, -0.2) is 21.9 Å². The van der Waals surface area contributed by atoms with E-state index in [1.807, 2.05) is 0 Å². The lowest BCUT2D eigenvalue weighted by molar-refractivity contribution is -0.117. The number of nitrogens with zero attached hydrogens (tertiary/aromatic N) is 1. The quantitative estimate of drug-likeness (QED) is 0.357. The largest absolute Gasteiger partial charge is 0.508 e. The lowest BCUT2D eigenvalue weighted by Gasteiger charge is -2.27. The molecule has 2 heterocycles. The molecule has 4 aromatic rings. The molecule has 6 nitrogen and oxygen atoms in total. The second-order valence-corrected chi connectivity index (χ2v) is 8.09. The second kappa shape index (κ2) is 8.00. The first-order valence-electron chi connectivity index (χ1n) is 9.99. The molecule has 0 radical (unpaired) electrons. The number of benzene rings is 3. The van der Waals surface area contributed by atoms with Crippen LogP contribution in [0.25, 0.3) is 11.0 Å². The maximum Gasteiger partial charge on any atom is 0.294 e. The van der Waals surface area contributed by atoms with Gasteiger partial charge in [0.1, 0.15) is 23.0 Å². The number of phenolic OH excluding ortho intramolecular Hbond substituents is 1. The maximum absolute atomic E-state index is 14.7. The zero-order valence-electron chi connectivity index (χ0n) is 17.1. The Morgan fingerprint density at radius 3 is 2.56 bits per heavy atom. The number of furan rings is 1. The standard InChI is InChI=1S/C25H14ClF2NO5/c26-14-4-7-19-13(8-14)10-20(34-19)23(31)21-22(12-2-1-3-16(30)9-12)29(25(33)24(21)32)18-11-15(27)5-6-17(18)28/h1-11,22,30,32H. The Labute approximate surface area is 195 Å². The van der Waals surface area contributed by atoms with Gasteiger partial charge >= 0.3 is 0 Å². The zero-order valence-corrected chi connectivity index (χ0v) is 17.9. The van der Waals surface area contributed by atoms with Gasteiger partial charge in [-0.05, 0) is 54.1 Å². The molecule has 1 aliphatic heterocycles. The number of aliphatic hydroxyl groups excluding tert-OH is 1. The SMILES string of the molecule is O=C(C1=C(O)C(=O)N(c2cc(F)ccc2F)C1c1cccc(O)c1)c1cc2cc(Cl)ccc2o1. The van der Waals surface area contributed by atoms with Crippen LogP contribution in [0.4, 0.5) is 14.5 Å². The first-order valence-corrected chi connectivity index (χ1v) is 10.4. The van der Waals surface area contributed by atoms with Gasteiger partial charge in [0.25, 0.3) is 5.91 Å². The molecule has 1 atom stereocenters. The van der Waals surface area contributed by atoms with E-state index in [4.69, 9.17) is 16.0 Å². The van der Waals surface area contributed by atoms with E-state index in [0.717, 1.165) is 23.1 Å². The minimum Gasteiger partial charge on any atom is -0.508 e. The number of hydrogen-bond donors (Lipinski definition) is 2. The molecule has 1 unspecified atom stereocenters. The van der Waals surface area contributed by atoms with Crippen LogP contribution in [0.2, 0.25) is 5.02 Å². The van der Waals surface area contributed by atoms with Crippen LogP contribution in [0.3, 0.4) is 0 Å². The van der Waals surface area contributed by atoms with Crippen molar-refractivity contribution in [2.24, 2.45) is 0 Å². The van der Waals surface area contributed by atoms with Crippen LogP contribution in [-0.2, 0) is 4.79 Å². The van der Waals surface area contributed by atoms with E-state index in [1.165, 1.54) is 30.3 Å². The van der Waals surface area contributed by atoms with Gasteiger partial charge in [-0.3, -0.25) is 14.5 Å². The van der Waals surface area contributed by atoms with Crippen molar-refractivity contribution in [3.63, 3.8) is 0 Å². The molecule has 3 aromatic carbocycles. The van der Waals surface area contributed by atoms with Crippen molar-refractivity contribution in [3.8, 4) is 5.75 Å². The molecule has 0 aliphatic carbocycles. The third kappa shape index (κ3) is 3.48. The first-order chi connectivity index (χ1) is 16.2. The highest BCUT2D eigenvalue weighted by Crippen LogP contribution is 2.43. The lowest BCUT2D eigenvalue weighted by Crippen LogP contribution is -2.32. The van der Waals surface area contributed by atoms with E-state index in [0.29, 0.717) is 16.0 Å². The fourth-order valence-corrected chi connectivity index (χ4v) is 4.21. The molecule has 1 aromatic heterocycles. The number of aromatic hydroxyl groups is 1. The number of amides is 1. The molecule has 170 valence electrons. The Kier molecular flexibility index (Phi) is 5.10. The molecule has 1 aliphatic rings. The maximum atomic E-state index is 14.7. The lowest BCUT2D eigenvalue weighted by atomic mass is 9.94. The van der Waals surface area contributed by atoms with E-state index >= 15 is 0 Å². The van der Waals surface area contributed by atoms with Gasteiger partial charge in [-0.2, -0.15) is 0 Å². The number of hydrogen-bond acceptors (Lipinski definition) is 5. The summed E-state index contributed by atoms with van der Waals surface area (Å²) < 4.78 is 34.3. The van der Waals surface area contributed by atoms with Crippen LogP contribution in [0.1, 0.15) is 22.2 Å². The van der Waals surface area contributed by atoms with E-state index in [2.05, 4.69) is 0 Å². The predicted molar refractivity (Wildman–Crippen MR) is 120 cm³/mol. The number of halogens is 3. The summed E-state index contributed by atoms with van der Waals surface area (Å²) in [5, 5.41) is 21.6. The number of anilines is 1. The third-order valence-corrected chi connectivity index (χ3v) is 5.74. The number of carbonyl (C=O) groups excluding carboxylic acids is 2. The average Bonchev–Trinajstić information content (AvgIpc) is 3.34. The number of phenols is 1. The highest BCUT2D eigenvalue weighted by atomic mass is 35.5. The Bertz CT molecular complexity index is 1530. The van der Waals surface area contributed by atoms with Crippen molar-refractivity contribution in [1.82, 2.24) is 0 Å². The summed E-state index contributed by atoms with van der Waals surface area (Å²) in [4.78, 5) is 27.3. The summed E-state index contributed by atoms with van der Waals surface area (Å²) in [5.41, 5.74) is -0.365. The van der Waals surface area contributed by atoms with Crippen LogP contribution >= 0.6 is 11.6 Å². The molecule has 0 saturated heterocycles. The summed E-state index contributed by atoms with van der Waals surface area (Å²) in [6.07, 6.45) is 0. The smallest absolute Gasteiger partial charge is 0.294 e. The molecule has 1 amide bonds. The Balaban J connectivity index is 1.69. The van der Waals surface area contributed by atoms with Crippen molar-refractivity contribution in [1.29, 1.82) is 0 Å². The first kappa shape index (κ1) is 21.7. The van der Waals surface area contributed by atoms with Gasteiger partial charge in [0.2, 0.25) is 5.78 Å². The summed E-state index contributed by atoms with van der Waals surface area (Å²) in [6.45, 7) is 0.